The van der Waals surface area contributed by atoms with Crippen LogP contribution in [0.2, 0.25) is 0 Å². The third-order valence-electron chi connectivity index (χ3n) is 7.17. The van der Waals surface area contributed by atoms with E-state index < -0.39 is 36.2 Å². The van der Waals surface area contributed by atoms with E-state index in [0.29, 0.717) is 18.6 Å². The number of hydrogen-bond donors (Lipinski definition) is 0. The predicted octanol–water partition coefficient (Wildman–Crippen LogP) is 4.48. The zero-order chi connectivity index (χ0) is 28.3. The lowest BCUT2D eigenvalue weighted by Gasteiger charge is -2.34. The van der Waals surface area contributed by atoms with Gasteiger partial charge in [0.2, 0.25) is 0 Å². The molecule has 0 bridgehead atoms. The molecular formula is C29H27F2N3O7. The predicted molar refractivity (Wildman–Crippen MR) is 140 cm³/mol. The number of carbonyl (C=O) groups excluding carboxylic acids is 2. The third kappa shape index (κ3) is 5.79. The maximum absolute atomic E-state index is 15.2. The van der Waals surface area contributed by atoms with E-state index >= 15 is 8.78 Å². The van der Waals surface area contributed by atoms with Gasteiger partial charge >= 0.3 is 6.09 Å². The summed E-state index contributed by atoms with van der Waals surface area (Å²) in [5, 5.41) is 3.61. The zero-order valence-corrected chi connectivity index (χ0v) is 21.9. The lowest BCUT2D eigenvalue weighted by Crippen LogP contribution is -2.45. The SMILES string of the molecule is O=C([C@@H]1CCO[C@@H](c2ccccc2)O1)N1CC=C(c2c(F)cc(N3C[C@H](COc4ccon4)OC3=O)cc2F)CC1. The normalized spacial score (nSPS) is 22.8. The fourth-order valence-corrected chi connectivity index (χ4v) is 5.10. The second-order valence-corrected chi connectivity index (χ2v) is 9.84. The molecule has 3 aliphatic rings. The molecule has 3 aromatic rings. The average molecular weight is 568 g/mol. The van der Waals surface area contributed by atoms with Gasteiger partial charge in [-0.1, -0.05) is 36.4 Å². The van der Waals surface area contributed by atoms with Crippen molar-refractivity contribution in [3.8, 4) is 5.88 Å². The maximum Gasteiger partial charge on any atom is 0.414 e. The zero-order valence-electron chi connectivity index (χ0n) is 21.9. The lowest BCUT2D eigenvalue weighted by molar-refractivity contribution is -0.220. The Bertz CT molecular complexity index is 1410. The van der Waals surface area contributed by atoms with E-state index in [-0.39, 0.29) is 55.7 Å². The van der Waals surface area contributed by atoms with Crippen LogP contribution in [0.3, 0.4) is 0 Å². The number of halogens is 2. The summed E-state index contributed by atoms with van der Waals surface area (Å²) in [4.78, 5) is 28.3. The van der Waals surface area contributed by atoms with E-state index in [9.17, 15) is 9.59 Å². The molecule has 12 heteroatoms. The summed E-state index contributed by atoms with van der Waals surface area (Å²) in [6.07, 6.45) is 0.997. The highest BCUT2D eigenvalue weighted by atomic mass is 19.1. The van der Waals surface area contributed by atoms with Crippen LogP contribution in [0.1, 0.15) is 30.3 Å². The molecule has 2 saturated heterocycles. The minimum atomic E-state index is -0.806. The van der Waals surface area contributed by atoms with E-state index in [1.54, 1.807) is 11.0 Å². The van der Waals surface area contributed by atoms with Gasteiger partial charge in [-0.25, -0.2) is 13.6 Å². The second kappa shape index (κ2) is 11.7. The van der Waals surface area contributed by atoms with Crippen LogP contribution >= 0.6 is 0 Å². The van der Waals surface area contributed by atoms with Gasteiger partial charge in [0.1, 0.15) is 30.6 Å². The van der Waals surface area contributed by atoms with Gasteiger partial charge in [-0.3, -0.25) is 9.69 Å². The first-order chi connectivity index (χ1) is 20.0. The molecule has 4 heterocycles. The first-order valence-electron chi connectivity index (χ1n) is 13.3. The van der Waals surface area contributed by atoms with E-state index in [4.69, 9.17) is 18.9 Å². The van der Waals surface area contributed by atoms with Crippen LogP contribution in [-0.2, 0) is 19.0 Å². The number of cyclic esters (lactones) is 1. The molecule has 41 heavy (non-hydrogen) atoms. The Morgan fingerprint density at radius 1 is 1.12 bits per heavy atom. The van der Waals surface area contributed by atoms with Crippen molar-refractivity contribution in [1.82, 2.24) is 10.1 Å². The molecule has 0 spiro atoms. The Labute approximate surface area is 234 Å². The first-order valence-corrected chi connectivity index (χ1v) is 13.3. The smallest absolute Gasteiger partial charge is 0.414 e. The highest BCUT2D eigenvalue weighted by Crippen LogP contribution is 2.33. The second-order valence-electron chi connectivity index (χ2n) is 9.84. The lowest BCUT2D eigenvalue weighted by atomic mass is 9.97. The molecule has 0 N–H and O–H groups in total. The minimum Gasteiger partial charge on any atom is -0.471 e. The van der Waals surface area contributed by atoms with Crippen molar-refractivity contribution in [2.24, 2.45) is 0 Å². The summed E-state index contributed by atoms with van der Waals surface area (Å²) in [5.74, 6) is -1.56. The molecule has 0 radical (unpaired) electrons. The van der Waals surface area contributed by atoms with Gasteiger partial charge < -0.3 is 28.4 Å². The molecule has 0 saturated carbocycles. The van der Waals surface area contributed by atoms with Crippen molar-refractivity contribution >= 4 is 23.3 Å². The van der Waals surface area contributed by atoms with E-state index in [1.807, 2.05) is 30.3 Å². The molecule has 1 aromatic heterocycles. The Morgan fingerprint density at radius 3 is 2.63 bits per heavy atom. The van der Waals surface area contributed by atoms with Crippen molar-refractivity contribution in [2.45, 2.75) is 31.3 Å². The maximum atomic E-state index is 15.2. The molecule has 3 atom stereocenters. The molecule has 214 valence electrons. The van der Waals surface area contributed by atoms with Gasteiger partial charge in [0.25, 0.3) is 11.8 Å². The number of nitrogens with zero attached hydrogens (tertiary/aromatic N) is 3. The number of aromatic nitrogens is 1. The summed E-state index contributed by atoms with van der Waals surface area (Å²) in [6.45, 7) is 0.915. The molecule has 0 aliphatic carbocycles. The van der Waals surface area contributed by atoms with Crippen LogP contribution in [-0.4, -0.2) is 67.1 Å². The molecule has 6 rings (SSSR count). The fourth-order valence-electron chi connectivity index (χ4n) is 5.10. The number of carbonyl (C=O) groups is 2. The number of hydrogen-bond acceptors (Lipinski definition) is 8. The van der Waals surface area contributed by atoms with Crippen molar-refractivity contribution in [1.29, 1.82) is 0 Å². The van der Waals surface area contributed by atoms with Gasteiger partial charge in [-0.15, -0.1) is 0 Å². The summed E-state index contributed by atoms with van der Waals surface area (Å²) in [7, 11) is 0. The number of amides is 2. The molecule has 3 aliphatic heterocycles. The van der Waals surface area contributed by atoms with E-state index in [1.165, 1.54) is 12.3 Å². The van der Waals surface area contributed by atoms with Crippen molar-refractivity contribution < 1.29 is 41.8 Å². The number of ether oxygens (including phenoxy) is 4. The minimum absolute atomic E-state index is 0.00571. The Hall–Kier alpha value is -4.29. The summed E-state index contributed by atoms with van der Waals surface area (Å²) in [5.41, 5.74) is 1.15. The largest absolute Gasteiger partial charge is 0.471 e. The van der Waals surface area contributed by atoms with Crippen molar-refractivity contribution in [3.63, 3.8) is 0 Å². The highest BCUT2D eigenvalue weighted by Gasteiger charge is 2.35. The van der Waals surface area contributed by atoms with Gasteiger partial charge in [0, 0.05) is 36.7 Å². The monoisotopic (exact) mass is 567 g/mol. The van der Waals surface area contributed by atoms with Gasteiger partial charge in [0.05, 0.1) is 18.8 Å². The van der Waals surface area contributed by atoms with Gasteiger partial charge in [0.15, 0.2) is 12.4 Å². The Balaban J connectivity index is 1.09. The number of rotatable bonds is 7. The third-order valence-corrected chi connectivity index (χ3v) is 7.17. The molecule has 0 unspecified atom stereocenters. The van der Waals surface area contributed by atoms with Gasteiger partial charge in [-0.05, 0) is 29.3 Å². The molecule has 2 fully saturated rings. The molecule has 10 nitrogen and oxygen atoms in total. The molecule has 2 aromatic carbocycles. The van der Waals surface area contributed by atoms with Crippen LogP contribution in [0.4, 0.5) is 19.3 Å². The van der Waals surface area contributed by atoms with Gasteiger partial charge in [-0.2, -0.15) is 0 Å². The summed E-state index contributed by atoms with van der Waals surface area (Å²) < 4.78 is 57.4. The average Bonchev–Trinajstić information content (AvgIpc) is 3.66. The standard InChI is InChI=1S/C29H27F2N3O7/c30-22-14-20(34-16-21(40-29(34)36)17-38-25-9-13-39-32-25)15-23(31)26(22)18-6-10-33(11-7-18)27(35)24-8-12-37-28(41-24)19-4-2-1-3-5-19/h1-6,9,13-15,21,24,28H,7-8,10-12,16-17H2/t21-,24+,28-/m1/s1. The van der Waals surface area contributed by atoms with Crippen molar-refractivity contribution in [2.75, 3.05) is 37.7 Å². The number of benzene rings is 2. The van der Waals surface area contributed by atoms with Crippen LogP contribution in [0.5, 0.6) is 5.88 Å². The molecule has 2 amide bonds. The summed E-state index contributed by atoms with van der Waals surface area (Å²) in [6, 6.07) is 13.1. The summed E-state index contributed by atoms with van der Waals surface area (Å²) >= 11 is 0. The van der Waals surface area contributed by atoms with E-state index in [2.05, 4.69) is 9.68 Å². The first kappa shape index (κ1) is 26.9. The molecular weight excluding hydrogens is 540 g/mol. The Morgan fingerprint density at radius 2 is 1.93 bits per heavy atom. The Kier molecular flexibility index (Phi) is 7.66. The van der Waals surface area contributed by atoms with Crippen molar-refractivity contribution in [3.05, 3.63) is 83.6 Å². The van der Waals surface area contributed by atoms with Crippen LogP contribution < -0.4 is 9.64 Å². The van der Waals surface area contributed by atoms with Crippen LogP contribution in [0.15, 0.2) is 65.4 Å². The fraction of sp³-hybridized carbons (Fsp3) is 0.345. The number of anilines is 1. The highest BCUT2D eigenvalue weighted by molar-refractivity contribution is 5.90. The van der Waals surface area contributed by atoms with Crippen LogP contribution in [0.25, 0.3) is 5.57 Å². The quantitative estimate of drug-likeness (QED) is 0.412. The van der Waals surface area contributed by atoms with E-state index in [0.717, 1.165) is 22.6 Å². The topological polar surface area (TPSA) is 104 Å². The van der Waals surface area contributed by atoms with Crippen LogP contribution in [0, 0.1) is 11.6 Å².